The molecule has 1 heterocycles. The summed E-state index contributed by atoms with van der Waals surface area (Å²) in [6.07, 6.45) is -2.17. The fourth-order valence-electron chi connectivity index (χ4n) is 4.54. The van der Waals surface area contributed by atoms with E-state index < -0.39 is 76.4 Å². The van der Waals surface area contributed by atoms with Crippen molar-refractivity contribution in [3.05, 3.63) is 58.1 Å². The Hall–Kier alpha value is -4.78. The molecule has 2 aromatic carbocycles. The number of hydrogen-bond acceptors (Lipinski definition) is 9. The summed E-state index contributed by atoms with van der Waals surface area (Å²) in [5.74, 6) is -8.16. The van der Waals surface area contributed by atoms with E-state index in [4.69, 9.17) is 10.2 Å². The number of phenolic OH excluding ortho intramolecular Hbond substituents is 2. The highest BCUT2D eigenvalue weighted by atomic mass is 16.4. The van der Waals surface area contributed by atoms with Gasteiger partial charge in [0.05, 0.1) is 24.0 Å². The van der Waals surface area contributed by atoms with Crippen LogP contribution in [-0.4, -0.2) is 102 Å². The van der Waals surface area contributed by atoms with Crippen LogP contribution in [0.5, 0.6) is 11.5 Å². The van der Waals surface area contributed by atoms with Crippen molar-refractivity contribution in [2.45, 2.75) is 18.4 Å². The third-order valence-electron chi connectivity index (χ3n) is 6.60. The van der Waals surface area contributed by atoms with Crippen molar-refractivity contribution in [2.24, 2.45) is 0 Å². The summed E-state index contributed by atoms with van der Waals surface area (Å²) >= 11 is 0. The number of aliphatic carboxylic acids is 2. The van der Waals surface area contributed by atoms with Crippen LogP contribution in [0.25, 0.3) is 0 Å². The summed E-state index contributed by atoms with van der Waals surface area (Å²) < 4.78 is 0. The maximum absolute atomic E-state index is 13.2. The molecule has 2 aliphatic rings. The van der Waals surface area contributed by atoms with Crippen molar-refractivity contribution in [3.8, 4) is 11.5 Å². The summed E-state index contributed by atoms with van der Waals surface area (Å²) in [4.78, 5) is 76.2. The van der Waals surface area contributed by atoms with Crippen LogP contribution in [0.4, 0.5) is 0 Å². The first-order valence-electron chi connectivity index (χ1n) is 11.4. The second-order valence-electron chi connectivity index (χ2n) is 9.00. The molecule has 13 nitrogen and oxygen atoms in total. The molecule has 2 amide bonds. The first-order chi connectivity index (χ1) is 17.9. The lowest BCUT2D eigenvalue weighted by Gasteiger charge is -2.36. The molecular formula is C25H22N2O11. The van der Waals surface area contributed by atoms with Crippen LogP contribution in [-0.2, 0) is 14.4 Å². The van der Waals surface area contributed by atoms with Crippen LogP contribution in [0.3, 0.4) is 0 Å². The van der Waals surface area contributed by atoms with Gasteiger partial charge in [0.2, 0.25) is 5.91 Å². The van der Waals surface area contributed by atoms with Gasteiger partial charge in [0, 0.05) is 42.9 Å². The van der Waals surface area contributed by atoms with Crippen molar-refractivity contribution < 1.29 is 54.3 Å². The van der Waals surface area contributed by atoms with Crippen LogP contribution in [0.1, 0.15) is 55.0 Å². The predicted octanol–water partition coefficient (Wildman–Crippen LogP) is -0.162. The minimum Gasteiger partial charge on any atom is -0.504 e. The Bertz CT molecular complexity index is 1410. The molecule has 198 valence electrons. The fourth-order valence-corrected chi connectivity index (χ4v) is 4.54. The van der Waals surface area contributed by atoms with E-state index in [0.717, 1.165) is 11.0 Å². The van der Waals surface area contributed by atoms with E-state index in [2.05, 4.69) is 0 Å². The maximum atomic E-state index is 13.2. The Morgan fingerprint density at radius 1 is 0.789 bits per heavy atom. The number of fused-ring (bicyclic) bond motifs is 2. The number of carboxylic acids is 2. The molecule has 1 fully saturated rings. The topological polar surface area (TPSA) is 210 Å². The van der Waals surface area contributed by atoms with E-state index >= 15 is 0 Å². The highest BCUT2D eigenvalue weighted by molar-refractivity contribution is 6.30. The quantitative estimate of drug-likeness (QED) is 0.266. The van der Waals surface area contributed by atoms with Crippen LogP contribution < -0.4 is 0 Å². The van der Waals surface area contributed by atoms with Gasteiger partial charge in [-0.05, 0) is 6.07 Å². The number of carbonyl (C=O) groups excluding carboxylic acids is 4. The first kappa shape index (κ1) is 26.3. The Morgan fingerprint density at radius 3 is 1.89 bits per heavy atom. The third-order valence-corrected chi connectivity index (χ3v) is 6.60. The molecule has 4 rings (SSSR count). The van der Waals surface area contributed by atoms with E-state index in [1.807, 2.05) is 0 Å². The summed E-state index contributed by atoms with van der Waals surface area (Å²) in [5.41, 5.74) is -3.74. The van der Waals surface area contributed by atoms with Gasteiger partial charge in [-0.25, -0.2) is 4.79 Å². The van der Waals surface area contributed by atoms with Crippen molar-refractivity contribution in [1.82, 2.24) is 9.80 Å². The number of carboxylic acid groups (broad SMARTS) is 2. The zero-order chi connectivity index (χ0) is 27.9. The van der Waals surface area contributed by atoms with Gasteiger partial charge in [-0.2, -0.15) is 0 Å². The van der Waals surface area contributed by atoms with E-state index in [1.165, 1.54) is 17.0 Å². The molecule has 0 radical (unpaired) electrons. The summed E-state index contributed by atoms with van der Waals surface area (Å²) in [5, 5.41) is 49.2. The van der Waals surface area contributed by atoms with Crippen molar-refractivity contribution in [1.29, 1.82) is 0 Å². The van der Waals surface area contributed by atoms with Crippen molar-refractivity contribution >= 4 is 35.3 Å². The smallest absolute Gasteiger partial charge is 0.336 e. The van der Waals surface area contributed by atoms with E-state index in [1.54, 1.807) is 12.1 Å². The van der Waals surface area contributed by atoms with Crippen molar-refractivity contribution in [3.63, 3.8) is 0 Å². The third kappa shape index (κ3) is 4.43. The monoisotopic (exact) mass is 526 g/mol. The van der Waals surface area contributed by atoms with E-state index in [0.29, 0.717) is 0 Å². The number of nitrogens with zero attached hydrogens (tertiary/aromatic N) is 2. The molecule has 1 aliphatic heterocycles. The van der Waals surface area contributed by atoms with Gasteiger partial charge in [0.1, 0.15) is 0 Å². The number of benzene rings is 2. The minimum absolute atomic E-state index is 0.0534. The summed E-state index contributed by atoms with van der Waals surface area (Å²) in [6, 6.07) is 6.98. The Balaban J connectivity index is 1.52. The zero-order valence-electron chi connectivity index (χ0n) is 19.7. The Labute approximate surface area is 214 Å². The predicted molar refractivity (Wildman–Crippen MR) is 125 cm³/mol. The van der Waals surface area contributed by atoms with Crippen molar-refractivity contribution in [2.75, 3.05) is 26.2 Å². The van der Waals surface area contributed by atoms with Gasteiger partial charge in [-0.1, -0.05) is 24.3 Å². The SMILES string of the molecule is O=C(O)CC(O)(CC(=O)N1CCN(C(=O)c2cc3c(c(O)c2O)C(=O)c2ccccc2C3=O)CC1)C(=O)O. The lowest BCUT2D eigenvalue weighted by Crippen LogP contribution is -2.53. The van der Waals surface area contributed by atoms with Crippen LogP contribution in [0.15, 0.2) is 30.3 Å². The highest BCUT2D eigenvalue weighted by Crippen LogP contribution is 2.41. The minimum atomic E-state index is -2.80. The molecular weight excluding hydrogens is 504 g/mol. The first-order valence-corrected chi connectivity index (χ1v) is 11.4. The zero-order valence-corrected chi connectivity index (χ0v) is 19.7. The molecule has 0 bridgehead atoms. The van der Waals surface area contributed by atoms with E-state index in [-0.39, 0.29) is 42.9 Å². The number of piperazine rings is 1. The van der Waals surface area contributed by atoms with Gasteiger partial charge in [-0.3, -0.25) is 24.0 Å². The molecule has 0 saturated carbocycles. The number of aromatic hydroxyl groups is 2. The summed E-state index contributed by atoms with van der Waals surface area (Å²) in [6.45, 7) is -0.393. The van der Waals surface area contributed by atoms with Gasteiger partial charge < -0.3 is 35.3 Å². The molecule has 1 saturated heterocycles. The average molecular weight is 526 g/mol. The molecule has 1 unspecified atom stereocenters. The number of carbonyl (C=O) groups is 6. The number of phenols is 2. The molecule has 13 heteroatoms. The average Bonchev–Trinajstić information content (AvgIpc) is 2.87. The van der Waals surface area contributed by atoms with Gasteiger partial charge in [-0.15, -0.1) is 0 Å². The number of aliphatic hydroxyl groups is 1. The van der Waals surface area contributed by atoms with Gasteiger partial charge >= 0.3 is 11.9 Å². The Morgan fingerprint density at radius 2 is 1.34 bits per heavy atom. The Kier molecular flexibility index (Phi) is 6.64. The fraction of sp³-hybridized carbons (Fsp3) is 0.280. The molecule has 1 atom stereocenters. The second-order valence-corrected chi connectivity index (χ2v) is 9.00. The lowest BCUT2D eigenvalue weighted by atomic mass is 9.82. The normalized spacial score (nSPS) is 16.3. The van der Waals surface area contributed by atoms with Crippen LogP contribution >= 0.6 is 0 Å². The largest absolute Gasteiger partial charge is 0.504 e. The molecule has 0 aromatic heterocycles. The molecule has 5 N–H and O–H groups in total. The van der Waals surface area contributed by atoms with Crippen LogP contribution in [0, 0.1) is 0 Å². The molecule has 2 aromatic rings. The van der Waals surface area contributed by atoms with Gasteiger partial charge in [0.15, 0.2) is 28.7 Å². The summed E-state index contributed by atoms with van der Waals surface area (Å²) in [7, 11) is 0. The number of amides is 2. The number of rotatable bonds is 6. The lowest BCUT2D eigenvalue weighted by molar-refractivity contribution is -0.169. The standard InChI is InChI=1S/C25H22N2O11/c28-16(10-25(38,24(36)37)11-17(29)30)26-5-7-27(8-6-26)23(35)15-9-14-18(22(34)21(15)33)20(32)13-4-2-1-3-12(13)19(14)31/h1-4,9,33-34,38H,5-8,10-11H2,(H,29,30)(H,36,37). The number of ketones is 2. The molecule has 1 aliphatic carbocycles. The molecule has 0 spiro atoms. The number of hydrogen-bond donors (Lipinski definition) is 5. The molecule has 38 heavy (non-hydrogen) atoms. The van der Waals surface area contributed by atoms with E-state index in [9.17, 15) is 44.1 Å². The van der Waals surface area contributed by atoms with Crippen LogP contribution in [0.2, 0.25) is 0 Å². The maximum Gasteiger partial charge on any atom is 0.336 e. The highest BCUT2D eigenvalue weighted by Gasteiger charge is 2.42. The second kappa shape index (κ2) is 9.59. The van der Waals surface area contributed by atoms with Gasteiger partial charge in [0.25, 0.3) is 5.91 Å².